The molecule has 3 aromatic rings. The zero-order valence-corrected chi connectivity index (χ0v) is 17.1. The first-order valence-electron chi connectivity index (χ1n) is 9.21. The maximum Gasteiger partial charge on any atom is 0.268 e. The molecule has 0 radical (unpaired) electrons. The lowest BCUT2D eigenvalue weighted by atomic mass is 10.2. The van der Waals surface area contributed by atoms with Crippen LogP contribution in [0.3, 0.4) is 0 Å². The second kappa shape index (κ2) is 7.10. The second-order valence-electron chi connectivity index (χ2n) is 7.28. The molecule has 7 nitrogen and oxygen atoms in total. The highest BCUT2D eigenvalue weighted by molar-refractivity contribution is 7.90. The highest BCUT2D eigenvalue weighted by atomic mass is 32.2. The molecule has 0 amide bonds. The minimum Gasteiger partial charge on any atom is -0.490 e. The number of nitrogens with zero attached hydrogens (tertiary/aromatic N) is 4. The van der Waals surface area contributed by atoms with Gasteiger partial charge >= 0.3 is 0 Å². The fraction of sp³-hybridized carbons (Fsp3) is 0.350. The molecule has 28 heavy (non-hydrogen) atoms. The van der Waals surface area contributed by atoms with E-state index in [0.29, 0.717) is 17.9 Å². The molecular formula is C20H24N4O3S. The van der Waals surface area contributed by atoms with E-state index in [1.165, 1.54) is 3.97 Å². The lowest BCUT2D eigenvalue weighted by molar-refractivity contribution is 0.311. The van der Waals surface area contributed by atoms with E-state index in [1.54, 1.807) is 42.7 Å². The van der Waals surface area contributed by atoms with Crippen LogP contribution < -0.4 is 9.64 Å². The number of fused-ring (bicyclic) bond motifs is 2. The van der Waals surface area contributed by atoms with Crippen LogP contribution in [-0.2, 0) is 16.4 Å². The van der Waals surface area contributed by atoms with Crippen LogP contribution in [0.4, 0.5) is 5.69 Å². The predicted octanol–water partition coefficient (Wildman–Crippen LogP) is 2.21. The normalized spacial score (nSPS) is 14.4. The van der Waals surface area contributed by atoms with Crippen LogP contribution in [0.5, 0.6) is 5.75 Å². The summed E-state index contributed by atoms with van der Waals surface area (Å²) >= 11 is 0. The highest BCUT2D eigenvalue weighted by Crippen LogP contribution is 2.34. The van der Waals surface area contributed by atoms with Crippen LogP contribution in [0.15, 0.2) is 47.6 Å². The molecule has 0 saturated carbocycles. The molecule has 2 aromatic heterocycles. The van der Waals surface area contributed by atoms with Crippen molar-refractivity contribution >= 4 is 26.7 Å². The van der Waals surface area contributed by atoms with Crippen LogP contribution in [-0.4, -0.2) is 63.1 Å². The number of aromatic nitrogens is 2. The van der Waals surface area contributed by atoms with Gasteiger partial charge in [0.05, 0.1) is 28.2 Å². The molecule has 0 spiro atoms. The van der Waals surface area contributed by atoms with E-state index in [-0.39, 0.29) is 4.90 Å². The van der Waals surface area contributed by atoms with E-state index in [0.717, 1.165) is 36.3 Å². The van der Waals surface area contributed by atoms with Crippen LogP contribution in [0.1, 0.15) is 5.56 Å². The van der Waals surface area contributed by atoms with E-state index in [2.05, 4.69) is 9.88 Å². The first-order chi connectivity index (χ1) is 13.4. The Balaban J connectivity index is 1.82. The van der Waals surface area contributed by atoms with Gasteiger partial charge < -0.3 is 14.5 Å². The van der Waals surface area contributed by atoms with Crippen molar-refractivity contribution < 1.29 is 13.2 Å². The number of hydrogen-bond acceptors (Lipinski definition) is 6. The van der Waals surface area contributed by atoms with Gasteiger partial charge in [-0.05, 0) is 56.4 Å². The van der Waals surface area contributed by atoms with E-state index in [9.17, 15) is 8.42 Å². The Bertz CT molecular complexity index is 1120. The van der Waals surface area contributed by atoms with E-state index in [4.69, 9.17) is 4.74 Å². The molecule has 148 valence electrons. The average molecular weight is 401 g/mol. The summed E-state index contributed by atoms with van der Waals surface area (Å²) in [5.41, 5.74) is 3.03. The van der Waals surface area contributed by atoms with Gasteiger partial charge in [0.1, 0.15) is 12.4 Å². The topological polar surface area (TPSA) is 67.7 Å². The predicted molar refractivity (Wildman–Crippen MR) is 110 cm³/mol. The molecular weight excluding hydrogens is 376 g/mol. The Morgan fingerprint density at radius 2 is 2.07 bits per heavy atom. The molecule has 0 N–H and O–H groups in total. The van der Waals surface area contributed by atoms with Gasteiger partial charge in [-0.15, -0.1) is 0 Å². The zero-order chi connectivity index (χ0) is 19.9. The Morgan fingerprint density at radius 3 is 2.86 bits per heavy atom. The largest absolute Gasteiger partial charge is 0.490 e. The lowest BCUT2D eigenvalue weighted by Gasteiger charge is -2.28. The molecule has 0 bridgehead atoms. The van der Waals surface area contributed by atoms with Crippen molar-refractivity contribution in [2.45, 2.75) is 11.3 Å². The van der Waals surface area contributed by atoms with Gasteiger partial charge in [-0.2, -0.15) is 0 Å². The number of ether oxygens (including phenoxy) is 1. The molecule has 3 heterocycles. The smallest absolute Gasteiger partial charge is 0.268 e. The number of benzene rings is 1. The first kappa shape index (κ1) is 18.8. The Morgan fingerprint density at radius 1 is 1.25 bits per heavy atom. The number of hydrogen-bond donors (Lipinski definition) is 0. The van der Waals surface area contributed by atoms with Crippen LogP contribution in [0.2, 0.25) is 0 Å². The van der Waals surface area contributed by atoms with E-state index < -0.39 is 10.0 Å². The molecule has 0 saturated heterocycles. The summed E-state index contributed by atoms with van der Waals surface area (Å²) < 4.78 is 33.9. The van der Waals surface area contributed by atoms with Crippen molar-refractivity contribution in [3.8, 4) is 5.75 Å². The number of rotatable bonds is 5. The Kier molecular flexibility index (Phi) is 4.76. The number of anilines is 1. The van der Waals surface area contributed by atoms with Crippen molar-refractivity contribution in [3.05, 3.63) is 48.3 Å². The summed E-state index contributed by atoms with van der Waals surface area (Å²) in [6.45, 7) is 2.14. The molecule has 0 aliphatic carbocycles. The van der Waals surface area contributed by atoms with Crippen LogP contribution in [0, 0.1) is 0 Å². The van der Waals surface area contributed by atoms with Crippen molar-refractivity contribution in [1.29, 1.82) is 0 Å². The summed E-state index contributed by atoms with van der Waals surface area (Å²) in [6.07, 6.45) is 4.13. The van der Waals surface area contributed by atoms with Crippen molar-refractivity contribution in [1.82, 2.24) is 13.9 Å². The van der Waals surface area contributed by atoms with Crippen molar-refractivity contribution in [2.24, 2.45) is 0 Å². The van der Waals surface area contributed by atoms with Crippen LogP contribution >= 0.6 is 0 Å². The number of likely N-dealkylation sites (N-methyl/N-ethyl adjacent to an activating group) is 2. The second-order valence-corrected chi connectivity index (χ2v) is 9.09. The SMILES string of the molecule is CN(C)CCc1cn(S(=O)(=O)c2ccc3c(c2)N(C)CCO3)c2cccnc12. The zero-order valence-electron chi connectivity index (χ0n) is 16.3. The third-order valence-electron chi connectivity index (χ3n) is 5.01. The minimum absolute atomic E-state index is 0.239. The van der Waals surface area contributed by atoms with Gasteiger partial charge in [0.25, 0.3) is 10.0 Å². The summed E-state index contributed by atoms with van der Waals surface area (Å²) in [4.78, 5) is 8.76. The van der Waals surface area contributed by atoms with Gasteiger partial charge in [0.15, 0.2) is 0 Å². The fourth-order valence-corrected chi connectivity index (χ4v) is 4.82. The third-order valence-corrected chi connectivity index (χ3v) is 6.68. The molecule has 0 unspecified atom stereocenters. The van der Waals surface area contributed by atoms with Gasteiger partial charge in [0, 0.05) is 26.0 Å². The van der Waals surface area contributed by atoms with Gasteiger partial charge in [-0.1, -0.05) is 0 Å². The number of pyridine rings is 1. The molecule has 8 heteroatoms. The van der Waals surface area contributed by atoms with Gasteiger partial charge in [-0.3, -0.25) is 4.98 Å². The summed E-state index contributed by atoms with van der Waals surface area (Å²) in [7, 11) is 2.17. The molecule has 1 aliphatic rings. The molecule has 1 aliphatic heterocycles. The average Bonchev–Trinajstić information content (AvgIpc) is 3.06. The summed E-state index contributed by atoms with van der Waals surface area (Å²) in [5, 5.41) is 0. The summed E-state index contributed by atoms with van der Waals surface area (Å²) in [6, 6.07) is 8.58. The van der Waals surface area contributed by atoms with Crippen molar-refractivity contribution in [2.75, 3.05) is 45.7 Å². The first-order valence-corrected chi connectivity index (χ1v) is 10.6. The maximum absolute atomic E-state index is 13.5. The molecule has 0 atom stereocenters. The lowest BCUT2D eigenvalue weighted by Crippen LogP contribution is -2.29. The van der Waals surface area contributed by atoms with Gasteiger partial charge in [0.2, 0.25) is 0 Å². The fourth-order valence-electron chi connectivity index (χ4n) is 3.42. The standard InChI is InChI=1S/C20H24N4O3S/c1-22(2)10-8-15-14-24(17-5-4-9-21-20(15)17)28(25,26)16-6-7-19-18(13-16)23(3)11-12-27-19/h4-7,9,13-14H,8,10-12H2,1-3H3. The molecule has 1 aromatic carbocycles. The Labute approximate surface area is 165 Å². The maximum atomic E-state index is 13.5. The minimum atomic E-state index is -3.76. The van der Waals surface area contributed by atoms with E-state index in [1.807, 2.05) is 26.0 Å². The highest BCUT2D eigenvalue weighted by Gasteiger charge is 2.25. The Hall–Kier alpha value is -2.58. The van der Waals surface area contributed by atoms with Crippen molar-refractivity contribution in [3.63, 3.8) is 0 Å². The molecule has 4 rings (SSSR count). The van der Waals surface area contributed by atoms with Crippen LogP contribution in [0.25, 0.3) is 11.0 Å². The third kappa shape index (κ3) is 3.22. The monoisotopic (exact) mass is 400 g/mol. The quantitative estimate of drug-likeness (QED) is 0.654. The summed E-state index contributed by atoms with van der Waals surface area (Å²) in [5.74, 6) is 0.707. The van der Waals surface area contributed by atoms with Gasteiger partial charge in [-0.25, -0.2) is 12.4 Å². The molecule has 0 fully saturated rings. The van der Waals surface area contributed by atoms with E-state index >= 15 is 0 Å².